The molecule has 2 aromatic heterocycles. The maximum Gasteiger partial charge on any atom is 0.267 e. The summed E-state index contributed by atoms with van der Waals surface area (Å²) in [7, 11) is 4.71. The van der Waals surface area contributed by atoms with Gasteiger partial charge < -0.3 is 18.7 Å². The van der Waals surface area contributed by atoms with Crippen LogP contribution >= 0.6 is 0 Å². The Balaban J connectivity index is 1.64. The molecule has 0 bridgehead atoms. The van der Waals surface area contributed by atoms with E-state index in [0.29, 0.717) is 34.3 Å². The van der Waals surface area contributed by atoms with E-state index in [9.17, 15) is 4.79 Å². The van der Waals surface area contributed by atoms with Crippen LogP contribution in [0.5, 0.6) is 17.2 Å². The molecule has 0 saturated heterocycles. The first-order valence-electron chi connectivity index (χ1n) is 9.39. The van der Waals surface area contributed by atoms with Crippen molar-refractivity contribution in [2.75, 3.05) is 21.3 Å². The van der Waals surface area contributed by atoms with Crippen LogP contribution in [-0.2, 0) is 6.54 Å². The van der Waals surface area contributed by atoms with E-state index in [2.05, 4.69) is 15.2 Å². The predicted molar refractivity (Wildman–Crippen MR) is 112 cm³/mol. The Morgan fingerprint density at radius 3 is 2.48 bits per heavy atom. The van der Waals surface area contributed by atoms with Gasteiger partial charge in [0.05, 0.1) is 32.6 Å². The van der Waals surface area contributed by atoms with Gasteiger partial charge >= 0.3 is 0 Å². The second kappa shape index (κ2) is 8.70. The highest BCUT2D eigenvalue weighted by Gasteiger charge is 2.16. The fraction of sp³-hybridized carbons (Fsp3) is 0.182. The summed E-state index contributed by atoms with van der Waals surface area (Å²) >= 11 is 0. The summed E-state index contributed by atoms with van der Waals surface area (Å²) in [5.41, 5.74) is 1.71. The van der Waals surface area contributed by atoms with Gasteiger partial charge in [-0.25, -0.2) is 4.68 Å². The minimum Gasteiger partial charge on any atom is -0.497 e. The third-order valence-electron chi connectivity index (χ3n) is 4.65. The van der Waals surface area contributed by atoms with Crippen molar-refractivity contribution in [3.63, 3.8) is 0 Å². The first-order chi connectivity index (χ1) is 15.1. The molecule has 9 heteroatoms. The molecule has 0 N–H and O–H groups in total. The van der Waals surface area contributed by atoms with Gasteiger partial charge in [-0.1, -0.05) is 17.3 Å². The van der Waals surface area contributed by atoms with Crippen LogP contribution in [0.15, 0.2) is 63.9 Å². The molecule has 0 fully saturated rings. The van der Waals surface area contributed by atoms with Gasteiger partial charge in [-0.3, -0.25) is 4.79 Å². The van der Waals surface area contributed by atoms with Crippen molar-refractivity contribution in [3.8, 4) is 39.9 Å². The van der Waals surface area contributed by atoms with Gasteiger partial charge in [0.1, 0.15) is 23.8 Å². The van der Waals surface area contributed by atoms with Gasteiger partial charge in [0.2, 0.25) is 11.7 Å². The zero-order valence-electron chi connectivity index (χ0n) is 17.2. The molecule has 9 nitrogen and oxygen atoms in total. The van der Waals surface area contributed by atoms with Crippen LogP contribution in [0.25, 0.3) is 22.6 Å². The van der Waals surface area contributed by atoms with Gasteiger partial charge in [0.15, 0.2) is 0 Å². The topological polar surface area (TPSA) is 102 Å². The molecular weight excluding hydrogens is 400 g/mol. The summed E-state index contributed by atoms with van der Waals surface area (Å²) in [6, 6.07) is 15.8. The van der Waals surface area contributed by atoms with Crippen molar-refractivity contribution in [2.45, 2.75) is 6.54 Å². The maximum atomic E-state index is 12.4. The van der Waals surface area contributed by atoms with Crippen LogP contribution in [0.3, 0.4) is 0 Å². The summed E-state index contributed by atoms with van der Waals surface area (Å²) in [4.78, 5) is 16.7. The Morgan fingerprint density at radius 2 is 1.71 bits per heavy atom. The van der Waals surface area contributed by atoms with Gasteiger partial charge in [0.25, 0.3) is 5.56 Å². The molecule has 4 aromatic rings. The van der Waals surface area contributed by atoms with Crippen LogP contribution in [0.2, 0.25) is 0 Å². The van der Waals surface area contributed by atoms with E-state index in [4.69, 9.17) is 18.7 Å². The zero-order valence-corrected chi connectivity index (χ0v) is 17.2. The van der Waals surface area contributed by atoms with E-state index in [1.165, 1.54) is 10.7 Å². The van der Waals surface area contributed by atoms with Gasteiger partial charge in [-0.05, 0) is 30.3 Å². The smallest absolute Gasteiger partial charge is 0.267 e. The first kappa shape index (κ1) is 20.1. The molecule has 0 unspecified atom stereocenters. The van der Waals surface area contributed by atoms with Crippen LogP contribution in [0.1, 0.15) is 5.89 Å². The summed E-state index contributed by atoms with van der Waals surface area (Å²) in [5, 5.41) is 8.45. The van der Waals surface area contributed by atoms with Crippen LogP contribution in [0.4, 0.5) is 0 Å². The van der Waals surface area contributed by atoms with Crippen LogP contribution in [-0.4, -0.2) is 41.3 Å². The number of hydrogen-bond donors (Lipinski definition) is 0. The van der Waals surface area contributed by atoms with Gasteiger partial charge in [0, 0.05) is 17.7 Å². The molecule has 0 aliphatic rings. The lowest BCUT2D eigenvalue weighted by Gasteiger charge is -2.09. The van der Waals surface area contributed by atoms with Crippen molar-refractivity contribution < 1.29 is 18.7 Å². The molecule has 31 heavy (non-hydrogen) atoms. The largest absolute Gasteiger partial charge is 0.497 e. The Bertz CT molecular complexity index is 1260. The first-order valence-corrected chi connectivity index (χ1v) is 9.39. The highest BCUT2D eigenvalue weighted by Crippen LogP contribution is 2.31. The fourth-order valence-corrected chi connectivity index (χ4v) is 3.10. The molecule has 0 spiro atoms. The second-order valence-electron chi connectivity index (χ2n) is 6.49. The monoisotopic (exact) mass is 420 g/mol. The molecule has 4 rings (SSSR count). The standard InChI is InChI=1S/C22H20N4O5/c1-28-14-8-9-16(19(12-14)30-3)22-23-20(31-25-22)13-26-21(27)11-10-17(24-26)15-6-4-5-7-18(15)29-2/h4-12H,13H2,1-3H3. The third-order valence-corrected chi connectivity index (χ3v) is 4.65. The van der Waals surface area contributed by atoms with E-state index < -0.39 is 0 Å². The average molecular weight is 420 g/mol. The molecule has 158 valence electrons. The summed E-state index contributed by atoms with van der Waals surface area (Å²) in [6.07, 6.45) is 0. The lowest BCUT2D eigenvalue weighted by molar-refractivity contribution is 0.362. The quantitative estimate of drug-likeness (QED) is 0.450. The van der Waals surface area contributed by atoms with Crippen LogP contribution in [0, 0.1) is 0 Å². The minimum atomic E-state index is -0.291. The van der Waals surface area contributed by atoms with Crippen molar-refractivity contribution >= 4 is 0 Å². The minimum absolute atomic E-state index is 0.0211. The molecule has 2 aromatic carbocycles. The molecule has 0 aliphatic carbocycles. The number of hydrogen-bond acceptors (Lipinski definition) is 8. The Morgan fingerprint density at radius 1 is 0.903 bits per heavy atom. The summed E-state index contributed by atoms with van der Waals surface area (Å²) in [6.45, 7) is 0.0211. The molecule has 0 amide bonds. The van der Waals surface area contributed by atoms with Crippen molar-refractivity contribution in [1.82, 2.24) is 19.9 Å². The Labute approximate surface area is 177 Å². The predicted octanol–water partition coefficient (Wildman–Crippen LogP) is 3.03. The molecule has 0 radical (unpaired) electrons. The Hall–Kier alpha value is -4.14. The number of nitrogens with zero attached hydrogens (tertiary/aromatic N) is 4. The fourth-order valence-electron chi connectivity index (χ4n) is 3.10. The lowest BCUT2D eigenvalue weighted by atomic mass is 10.1. The third kappa shape index (κ3) is 4.11. The highest BCUT2D eigenvalue weighted by molar-refractivity contribution is 5.66. The van der Waals surface area contributed by atoms with Crippen molar-refractivity contribution in [2.24, 2.45) is 0 Å². The van der Waals surface area contributed by atoms with Gasteiger partial charge in [-0.15, -0.1) is 0 Å². The number of para-hydroxylation sites is 1. The molecule has 0 saturated carbocycles. The number of methoxy groups -OCH3 is 3. The number of benzene rings is 2. The Kier molecular flexibility index (Phi) is 5.65. The van der Waals surface area contributed by atoms with E-state index in [0.717, 1.165) is 5.56 Å². The zero-order chi connectivity index (χ0) is 21.8. The SMILES string of the molecule is COc1ccc(-c2noc(Cn3nc(-c4ccccc4OC)ccc3=O)n2)c(OC)c1. The van der Waals surface area contributed by atoms with E-state index in [-0.39, 0.29) is 18.0 Å². The van der Waals surface area contributed by atoms with Crippen molar-refractivity contribution in [3.05, 3.63) is 70.8 Å². The summed E-state index contributed by atoms with van der Waals surface area (Å²) < 4.78 is 22.6. The molecule has 2 heterocycles. The number of ether oxygens (including phenoxy) is 3. The maximum absolute atomic E-state index is 12.4. The van der Waals surface area contributed by atoms with E-state index in [1.807, 2.05) is 24.3 Å². The normalized spacial score (nSPS) is 10.7. The molecule has 0 atom stereocenters. The highest BCUT2D eigenvalue weighted by atomic mass is 16.5. The molecular formula is C22H20N4O5. The summed E-state index contributed by atoms with van der Waals surface area (Å²) in [5.74, 6) is 2.42. The van der Waals surface area contributed by atoms with Gasteiger partial charge in [-0.2, -0.15) is 10.1 Å². The molecule has 0 aliphatic heterocycles. The van der Waals surface area contributed by atoms with E-state index in [1.54, 1.807) is 45.6 Å². The van der Waals surface area contributed by atoms with Crippen LogP contribution < -0.4 is 19.8 Å². The average Bonchev–Trinajstić information content (AvgIpc) is 3.28. The van der Waals surface area contributed by atoms with E-state index >= 15 is 0 Å². The second-order valence-corrected chi connectivity index (χ2v) is 6.49. The lowest BCUT2D eigenvalue weighted by Crippen LogP contribution is -2.23. The van der Waals surface area contributed by atoms with Crippen molar-refractivity contribution in [1.29, 1.82) is 0 Å². The number of rotatable bonds is 7. The number of aromatic nitrogens is 4.